The van der Waals surface area contributed by atoms with Gasteiger partial charge in [-0.2, -0.15) is 10.4 Å². The third-order valence-corrected chi connectivity index (χ3v) is 3.54. The first-order chi connectivity index (χ1) is 12.6. The number of hydrogen-bond acceptors (Lipinski definition) is 8. The van der Waals surface area contributed by atoms with E-state index in [1.165, 1.54) is 12.1 Å². The van der Waals surface area contributed by atoms with E-state index in [4.69, 9.17) is 15.5 Å². The van der Waals surface area contributed by atoms with E-state index in [1.54, 1.807) is 24.3 Å². The molecule has 9 heteroatoms. The molecule has 0 saturated heterocycles. The predicted octanol–water partition coefficient (Wildman–Crippen LogP) is 2.67. The summed E-state index contributed by atoms with van der Waals surface area (Å²) in [6.45, 7) is 0.739. The van der Waals surface area contributed by atoms with Crippen LogP contribution in [-0.2, 0) is 0 Å². The van der Waals surface area contributed by atoms with E-state index in [0.717, 1.165) is 11.8 Å². The van der Waals surface area contributed by atoms with Gasteiger partial charge in [0.15, 0.2) is 0 Å². The zero-order valence-electron chi connectivity index (χ0n) is 13.8. The molecule has 2 rings (SSSR count). The van der Waals surface area contributed by atoms with Gasteiger partial charge in [-0.1, -0.05) is 0 Å². The summed E-state index contributed by atoms with van der Waals surface area (Å²) < 4.78 is 0. The number of hydrogen-bond donors (Lipinski definition) is 2. The van der Waals surface area contributed by atoms with Gasteiger partial charge in [0, 0.05) is 30.9 Å². The second kappa shape index (κ2) is 9.22. The number of aliphatic hydroxyl groups is 2. The third kappa shape index (κ3) is 4.83. The van der Waals surface area contributed by atoms with Crippen molar-refractivity contribution in [3.8, 4) is 6.07 Å². The topological polar surface area (TPSA) is 135 Å². The standard InChI is InChI=1S/C17H17N5O4/c18-12-13-11-16(22(25)26)5-6-17(13)20-19-14-1-3-15(4-2-14)21(7-9-23)8-10-24/h1-6,11,23-24H,7-10H2. The lowest BCUT2D eigenvalue weighted by molar-refractivity contribution is -0.384. The predicted molar refractivity (Wildman–Crippen MR) is 94.8 cm³/mol. The Kier molecular flexibility index (Phi) is 6.73. The van der Waals surface area contributed by atoms with Crippen LogP contribution in [0.3, 0.4) is 0 Å². The van der Waals surface area contributed by atoms with Crippen LogP contribution in [0.4, 0.5) is 22.7 Å². The second-order valence-corrected chi connectivity index (χ2v) is 5.22. The SMILES string of the molecule is N#Cc1cc([N+](=O)[O-])ccc1N=Nc1ccc(N(CCO)CCO)cc1. The lowest BCUT2D eigenvalue weighted by Crippen LogP contribution is -2.29. The fourth-order valence-electron chi connectivity index (χ4n) is 2.27. The summed E-state index contributed by atoms with van der Waals surface area (Å²) in [6, 6.07) is 12.6. The maximum absolute atomic E-state index is 10.7. The maximum Gasteiger partial charge on any atom is 0.270 e. The van der Waals surface area contributed by atoms with Gasteiger partial charge in [0.2, 0.25) is 0 Å². The molecule has 0 aromatic heterocycles. The van der Waals surface area contributed by atoms with E-state index in [-0.39, 0.29) is 30.2 Å². The lowest BCUT2D eigenvalue weighted by atomic mass is 10.2. The largest absolute Gasteiger partial charge is 0.395 e. The number of rotatable bonds is 8. The molecule has 0 amide bonds. The molecule has 0 aliphatic carbocycles. The van der Waals surface area contributed by atoms with Crippen molar-refractivity contribution >= 4 is 22.7 Å². The molecule has 0 radical (unpaired) electrons. The van der Waals surface area contributed by atoms with Gasteiger partial charge in [-0.25, -0.2) is 0 Å². The number of nitrogens with zero attached hydrogens (tertiary/aromatic N) is 5. The number of nitro groups is 1. The summed E-state index contributed by atoms with van der Waals surface area (Å²) in [4.78, 5) is 12.0. The molecule has 2 aromatic carbocycles. The minimum absolute atomic E-state index is 0.0292. The minimum Gasteiger partial charge on any atom is -0.395 e. The fourth-order valence-corrected chi connectivity index (χ4v) is 2.27. The van der Waals surface area contributed by atoms with Gasteiger partial charge in [0.1, 0.15) is 11.8 Å². The van der Waals surface area contributed by atoms with Crippen molar-refractivity contribution in [1.82, 2.24) is 0 Å². The van der Waals surface area contributed by atoms with Crippen LogP contribution in [0.15, 0.2) is 52.7 Å². The minimum atomic E-state index is -0.578. The van der Waals surface area contributed by atoms with Crippen LogP contribution in [-0.4, -0.2) is 41.4 Å². The number of azo groups is 1. The highest BCUT2D eigenvalue weighted by Crippen LogP contribution is 2.26. The van der Waals surface area contributed by atoms with Gasteiger partial charge < -0.3 is 15.1 Å². The smallest absolute Gasteiger partial charge is 0.270 e. The number of anilines is 1. The Morgan fingerprint density at radius 3 is 2.27 bits per heavy atom. The Hall–Kier alpha value is -3.35. The van der Waals surface area contributed by atoms with Crippen LogP contribution in [0.5, 0.6) is 0 Å². The Labute approximate surface area is 149 Å². The van der Waals surface area contributed by atoms with E-state index in [0.29, 0.717) is 18.8 Å². The lowest BCUT2D eigenvalue weighted by Gasteiger charge is -2.22. The van der Waals surface area contributed by atoms with Crippen LogP contribution in [0, 0.1) is 21.4 Å². The van der Waals surface area contributed by atoms with E-state index in [2.05, 4.69) is 10.2 Å². The molecule has 2 N–H and O–H groups in total. The number of nitriles is 1. The Morgan fingerprint density at radius 1 is 1.08 bits per heavy atom. The van der Waals surface area contributed by atoms with Crippen molar-refractivity contribution in [2.24, 2.45) is 10.2 Å². The molecule has 2 aromatic rings. The summed E-state index contributed by atoms with van der Waals surface area (Å²) in [7, 11) is 0. The molecule has 26 heavy (non-hydrogen) atoms. The Balaban J connectivity index is 2.18. The second-order valence-electron chi connectivity index (χ2n) is 5.22. The summed E-state index contributed by atoms with van der Waals surface area (Å²) >= 11 is 0. The van der Waals surface area contributed by atoms with Crippen molar-refractivity contribution in [2.75, 3.05) is 31.2 Å². The zero-order valence-corrected chi connectivity index (χ0v) is 13.8. The van der Waals surface area contributed by atoms with Crippen molar-refractivity contribution in [3.05, 3.63) is 58.1 Å². The van der Waals surface area contributed by atoms with Crippen LogP contribution in [0.25, 0.3) is 0 Å². The monoisotopic (exact) mass is 355 g/mol. The van der Waals surface area contributed by atoms with Crippen molar-refractivity contribution in [3.63, 3.8) is 0 Å². The van der Waals surface area contributed by atoms with Gasteiger partial charge in [-0.15, -0.1) is 5.11 Å². The first-order valence-electron chi connectivity index (χ1n) is 7.76. The highest BCUT2D eigenvalue weighted by molar-refractivity contribution is 5.58. The van der Waals surface area contributed by atoms with Crippen molar-refractivity contribution in [1.29, 1.82) is 5.26 Å². The van der Waals surface area contributed by atoms with E-state index in [9.17, 15) is 10.1 Å². The van der Waals surface area contributed by atoms with Gasteiger partial charge >= 0.3 is 0 Å². The molecule has 0 saturated carbocycles. The molecule has 134 valence electrons. The highest BCUT2D eigenvalue weighted by Gasteiger charge is 2.10. The van der Waals surface area contributed by atoms with Crippen LogP contribution in [0.1, 0.15) is 5.56 Å². The third-order valence-electron chi connectivity index (χ3n) is 3.54. The van der Waals surface area contributed by atoms with Crippen molar-refractivity contribution in [2.45, 2.75) is 0 Å². The number of non-ortho nitro benzene ring substituents is 1. The summed E-state index contributed by atoms with van der Waals surface area (Å²) in [6.07, 6.45) is 0. The molecule has 0 heterocycles. The number of nitro benzene ring substituents is 1. The average molecular weight is 355 g/mol. The normalized spacial score (nSPS) is 10.7. The fraction of sp³-hybridized carbons (Fsp3) is 0.235. The molecule has 0 aliphatic heterocycles. The summed E-state index contributed by atoms with van der Waals surface area (Å²) in [5, 5.41) is 46.0. The first-order valence-corrected chi connectivity index (χ1v) is 7.76. The molecule has 0 atom stereocenters. The summed E-state index contributed by atoms with van der Waals surface area (Å²) in [5.74, 6) is 0. The average Bonchev–Trinajstić information content (AvgIpc) is 2.66. The Bertz CT molecular complexity index is 824. The van der Waals surface area contributed by atoms with E-state index < -0.39 is 4.92 Å². The van der Waals surface area contributed by atoms with Gasteiger partial charge in [0.05, 0.1) is 29.4 Å². The van der Waals surface area contributed by atoms with Crippen LogP contribution in [0.2, 0.25) is 0 Å². The highest BCUT2D eigenvalue weighted by atomic mass is 16.6. The van der Waals surface area contributed by atoms with Gasteiger partial charge in [-0.3, -0.25) is 10.1 Å². The van der Waals surface area contributed by atoms with Crippen LogP contribution < -0.4 is 4.90 Å². The Morgan fingerprint density at radius 2 is 1.73 bits per heavy atom. The maximum atomic E-state index is 10.7. The molecule has 9 nitrogen and oxygen atoms in total. The van der Waals surface area contributed by atoms with E-state index in [1.807, 2.05) is 11.0 Å². The number of aliphatic hydroxyl groups excluding tert-OH is 2. The van der Waals surface area contributed by atoms with Gasteiger partial charge in [-0.05, 0) is 30.3 Å². The first kappa shape index (κ1) is 19.0. The number of benzene rings is 2. The van der Waals surface area contributed by atoms with Crippen LogP contribution >= 0.6 is 0 Å². The van der Waals surface area contributed by atoms with Crippen molar-refractivity contribution < 1.29 is 15.1 Å². The summed E-state index contributed by atoms with van der Waals surface area (Å²) in [5.41, 5.74) is 1.47. The quantitative estimate of drug-likeness (QED) is 0.424. The molecule has 0 fully saturated rings. The molecule has 0 aliphatic rings. The zero-order chi connectivity index (χ0) is 18.9. The molecular formula is C17H17N5O4. The molecular weight excluding hydrogens is 338 g/mol. The molecule has 0 unspecified atom stereocenters. The molecule has 0 bridgehead atoms. The molecule has 0 spiro atoms. The van der Waals surface area contributed by atoms with E-state index >= 15 is 0 Å². The van der Waals surface area contributed by atoms with Gasteiger partial charge in [0.25, 0.3) is 5.69 Å².